The van der Waals surface area contributed by atoms with Crippen LogP contribution in [0.25, 0.3) is 21.8 Å². The molecule has 0 atom stereocenters. The number of hydrogen-bond donors (Lipinski definition) is 0. The van der Waals surface area contributed by atoms with Crippen LogP contribution >= 0.6 is 39.0 Å². The van der Waals surface area contributed by atoms with E-state index in [-0.39, 0.29) is 0 Å². The molecule has 0 radical (unpaired) electrons. The Morgan fingerprint density at radius 3 is 2.50 bits per heavy atom. The summed E-state index contributed by atoms with van der Waals surface area (Å²) < 4.78 is 1.08. The molecular formula is C16H12BrNS2. The first kappa shape index (κ1) is 13.9. The molecule has 20 heavy (non-hydrogen) atoms. The van der Waals surface area contributed by atoms with Gasteiger partial charge in [0.15, 0.2) is 0 Å². The minimum atomic E-state index is 1.04. The normalized spacial score (nSPS) is 10.7. The Hall–Kier alpha value is -1.10. The fourth-order valence-electron chi connectivity index (χ4n) is 1.93. The molecule has 0 aliphatic heterocycles. The molecule has 0 aliphatic carbocycles. The van der Waals surface area contributed by atoms with Crippen LogP contribution in [0.1, 0.15) is 0 Å². The second kappa shape index (κ2) is 6.12. The Bertz CT molecular complexity index is 719. The summed E-state index contributed by atoms with van der Waals surface area (Å²) in [6.07, 6.45) is 2.09. The summed E-state index contributed by atoms with van der Waals surface area (Å²) >= 11 is 7.01. The van der Waals surface area contributed by atoms with Gasteiger partial charge in [-0.25, -0.2) is 4.98 Å². The van der Waals surface area contributed by atoms with E-state index in [1.54, 1.807) is 23.1 Å². The van der Waals surface area contributed by atoms with Gasteiger partial charge in [-0.1, -0.05) is 46.3 Å². The van der Waals surface area contributed by atoms with Crippen LogP contribution in [0.2, 0.25) is 0 Å². The maximum atomic E-state index is 4.75. The van der Waals surface area contributed by atoms with Crippen molar-refractivity contribution in [1.82, 2.24) is 4.98 Å². The van der Waals surface area contributed by atoms with Gasteiger partial charge in [0.25, 0.3) is 0 Å². The smallest absolute Gasteiger partial charge is 0.125 e. The van der Waals surface area contributed by atoms with Crippen LogP contribution in [0.3, 0.4) is 0 Å². The molecule has 0 N–H and O–H groups in total. The van der Waals surface area contributed by atoms with Crippen molar-refractivity contribution >= 4 is 39.0 Å². The van der Waals surface area contributed by atoms with E-state index >= 15 is 0 Å². The lowest BCUT2D eigenvalue weighted by atomic mass is 10.2. The number of benzene rings is 2. The Morgan fingerprint density at radius 1 is 1.05 bits per heavy atom. The lowest BCUT2D eigenvalue weighted by molar-refractivity contribution is 1.38. The third kappa shape index (κ3) is 2.82. The fraction of sp³-hybridized carbons (Fsp3) is 0.0625. The van der Waals surface area contributed by atoms with Crippen LogP contribution in [0, 0.1) is 0 Å². The highest BCUT2D eigenvalue weighted by Crippen LogP contribution is 2.33. The SMILES string of the molecule is CSc1ccc(-c2csc(-c3ccccc3Br)n2)cc1. The molecule has 0 spiro atoms. The van der Waals surface area contributed by atoms with Gasteiger partial charge in [0.05, 0.1) is 5.69 Å². The van der Waals surface area contributed by atoms with Gasteiger partial charge in [-0.05, 0) is 24.5 Å². The first-order chi connectivity index (χ1) is 9.78. The van der Waals surface area contributed by atoms with Crippen molar-refractivity contribution in [2.24, 2.45) is 0 Å². The Morgan fingerprint density at radius 2 is 1.80 bits per heavy atom. The molecule has 0 amide bonds. The van der Waals surface area contributed by atoms with Crippen LogP contribution in [0.15, 0.2) is 63.3 Å². The van der Waals surface area contributed by atoms with E-state index in [0.717, 1.165) is 26.3 Å². The Labute approximate surface area is 135 Å². The number of hydrogen-bond acceptors (Lipinski definition) is 3. The van der Waals surface area contributed by atoms with Gasteiger partial charge in [0.1, 0.15) is 5.01 Å². The number of thioether (sulfide) groups is 1. The summed E-state index contributed by atoms with van der Waals surface area (Å²) in [5.74, 6) is 0. The fourth-order valence-corrected chi connectivity index (χ4v) is 3.81. The molecule has 0 saturated carbocycles. The molecule has 2 aromatic carbocycles. The average Bonchev–Trinajstić information content (AvgIpc) is 2.97. The molecule has 1 aromatic heterocycles. The van der Waals surface area contributed by atoms with E-state index in [9.17, 15) is 0 Å². The van der Waals surface area contributed by atoms with Crippen molar-refractivity contribution in [3.8, 4) is 21.8 Å². The highest BCUT2D eigenvalue weighted by Gasteiger charge is 2.09. The molecule has 4 heteroatoms. The Balaban J connectivity index is 1.95. The topological polar surface area (TPSA) is 12.9 Å². The minimum absolute atomic E-state index is 1.04. The number of aromatic nitrogens is 1. The third-order valence-electron chi connectivity index (χ3n) is 2.99. The number of nitrogens with zero attached hydrogens (tertiary/aromatic N) is 1. The van der Waals surface area contributed by atoms with Gasteiger partial charge in [-0.3, -0.25) is 0 Å². The number of rotatable bonds is 3. The summed E-state index contributed by atoms with van der Waals surface area (Å²) in [6.45, 7) is 0. The molecule has 0 saturated heterocycles. The van der Waals surface area contributed by atoms with Crippen molar-refractivity contribution in [3.05, 3.63) is 58.4 Å². The molecule has 100 valence electrons. The molecular weight excluding hydrogens is 350 g/mol. The number of halogens is 1. The van der Waals surface area contributed by atoms with Gasteiger partial charge in [-0.15, -0.1) is 23.1 Å². The van der Waals surface area contributed by atoms with Crippen LogP contribution in [0.5, 0.6) is 0 Å². The highest BCUT2D eigenvalue weighted by atomic mass is 79.9. The van der Waals surface area contributed by atoms with Crippen molar-refractivity contribution in [1.29, 1.82) is 0 Å². The zero-order valence-electron chi connectivity index (χ0n) is 10.8. The molecule has 3 aromatic rings. The maximum absolute atomic E-state index is 4.75. The van der Waals surface area contributed by atoms with E-state index in [2.05, 4.69) is 57.9 Å². The van der Waals surface area contributed by atoms with E-state index in [1.807, 2.05) is 18.2 Å². The van der Waals surface area contributed by atoms with Gasteiger partial charge in [0, 0.05) is 25.9 Å². The standard InChI is InChI=1S/C16H12BrNS2/c1-19-12-8-6-11(7-9-12)15-10-20-16(18-15)13-4-2-3-5-14(13)17/h2-10H,1H3. The van der Waals surface area contributed by atoms with Crippen LogP contribution in [0.4, 0.5) is 0 Å². The highest BCUT2D eigenvalue weighted by molar-refractivity contribution is 9.10. The predicted octanol–water partition coefficient (Wildman–Crippen LogP) is 5.96. The lowest BCUT2D eigenvalue weighted by Gasteiger charge is -2.00. The minimum Gasteiger partial charge on any atom is -0.236 e. The van der Waals surface area contributed by atoms with Gasteiger partial charge >= 0.3 is 0 Å². The average molecular weight is 362 g/mol. The van der Waals surface area contributed by atoms with Crippen LogP contribution in [-0.4, -0.2) is 11.2 Å². The molecule has 1 nitrogen and oxygen atoms in total. The molecule has 1 heterocycles. The van der Waals surface area contributed by atoms with Crippen LogP contribution < -0.4 is 0 Å². The zero-order chi connectivity index (χ0) is 13.9. The zero-order valence-corrected chi connectivity index (χ0v) is 14.1. The van der Waals surface area contributed by atoms with Crippen LogP contribution in [-0.2, 0) is 0 Å². The quantitative estimate of drug-likeness (QED) is 0.533. The predicted molar refractivity (Wildman–Crippen MR) is 92.5 cm³/mol. The summed E-state index contributed by atoms with van der Waals surface area (Å²) in [7, 11) is 0. The van der Waals surface area contributed by atoms with E-state index in [0.29, 0.717) is 0 Å². The second-order valence-electron chi connectivity index (χ2n) is 4.25. The largest absolute Gasteiger partial charge is 0.236 e. The monoisotopic (exact) mass is 361 g/mol. The first-order valence-electron chi connectivity index (χ1n) is 6.13. The van der Waals surface area contributed by atoms with Crippen molar-refractivity contribution < 1.29 is 0 Å². The molecule has 3 rings (SSSR count). The third-order valence-corrected chi connectivity index (χ3v) is 5.30. The van der Waals surface area contributed by atoms with E-state index in [4.69, 9.17) is 4.98 Å². The molecule has 0 bridgehead atoms. The van der Waals surface area contributed by atoms with Crippen molar-refractivity contribution in [3.63, 3.8) is 0 Å². The first-order valence-corrected chi connectivity index (χ1v) is 9.02. The second-order valence-corrected chi connectivity index (χ2v) is 6.84. The molecule has 0 fully saturated rings. The summed E-state index contributed by atoms with van der Waals surface area (Å²) in [5.41, 5.74) is 3.34. The van der Waals surface area contributed by atoms with Crippen molar-refractivity contribution in [2.75, 3.05) is 6.26 Å². The lowest BCUT2D eigenvalue weighted by Crippen LogP contribution is -1.81. The van der Waals surface area contributed by atoms with Gasteiger partial charge in [-0.2, -0.15) is 0 Å². The van der Waals surface area contributed by atoms with E-state index in [1.165, 1.54) is 4.90 Å². The van der Waals surface area contributed by atoms with Gasteiger partial charge < -0.3 is 0 Å². The molecule has 0 aliphatic rings. The van der Waals surface area contributed by atoms with Gasteiger partial charge in [0.2, 0.25) is 0 Å². The maximum Gasteiger partial charge on any atom is 0.125 e. The summed E-state index contributed by atoms with van der Waals surface area (Å²) in [4.78, 5) is 6.02. The molecule has 0 unspecified atom stereocenters. The van der Waals surface area contributed by atoms with E-state index < -0.39 is 0 Å². The number of thiazole rings is 1. The van der Waals surface area contributed by atoms with Crippen molar-refractivity contribution in [2.45, 2.75) is 4.90 Å². The summed E-state index contributed by atoms with van der Waals surface area (Å²) in [6, 6.07) is 16.7. The summed E-state index contributed by atoms with van der Waals surface area (Å²) in [5, 5.41) is 3.16. The Kier molecular flexibility index (Phi) is 4.24.